The van der Waals surface area contributed by atoms with Crippen molar-refractivity contribution >= 4 is 64.6 Å². The lowest BCUT2D eigenvalue weighted by Crippen LogP contribution is -2.62. The first-order valence-corrected chi connectivity index (χ1v) is 22.1. The molecule has 2 aliphatic carbocycles. The van der Waals surface area contributed by atoms with Crippen molar-refractivity contribution in [1.29, 1.82) is 0 Å². The highest BCUT2D eigenvalue weighted by Crippen LogP contribution is 2.43. The Kier molecular flexibility index (Phi) is 15.4. The van der Waals surface area contributed by atoms with Gasteiger partial charge in [-0.2, -0.15) is 0 Å². The van der Waals surface area contributed by atoms with Gasteiger partial charge in [0.15, 0.2) is 0 Å². The summed E-state index contributed by atoms with van der Waals surface area (Å²) in [6.45, 7) is 6.81. The first kappa shape index (κ1) is 47.6. The number of likely N-dealkylation sites (N-methyl/N-ethyl adjacent to an activating group) is 2. The first-order valence-electron chi connectivity index (χ1n) is 21.3. The highest BCUT2D eigenvalue weighted by atomic mass is 35.5. The van der Waals surface area contributed by atoms with Crippen LogP contribution in [0.15, 0.2) is 18.2 Å². The third kappa shape index (κ3) is 11.2. The minimum Gasteiger partial charge on any atom is -0.354 e. The smallest absolute Gasteiger partial charge is 0.245 e. The van der Waals surface area contributed by atoms with Crippen molar-refractivity contribution in [2.45, 2.75) is 140 Å². The van der Waals surface area contributed by atoms with Crippen molar-refractivity contribution in [1.82, 2.24) is 36.0 Å². The second-order valence-electron chi connectivity index (χ2n) is 18.1. The monoisotopic (exact) mass is 887 g/mol. The van der Waals surface area contributed by atoms with Crippen molar-refractivity contribution in [3.05, 3.63) is 33.8 Å². The molecule has 7 amide bonds. The van der Waals surface area contributed by atoms with Crippen LogP contribution in [-0.2, 0) is 40.0 Å². The maximum atomic E-state index is 14.9. The number of nitrogens with zero attached hydrogens (tertiary/aromatic N) is 3. The Morgan fingerprint density at radius 1 is 1.05 bits per heavy atom. The van der Waals surface area contributed by atoms with E-state index in [2.05, 4.69) is 27.2 Å². The summed E-state index contributed by atoms with van der Waals surface area (Å²) in [7, 11) is 2.91. The molecule has 0 radical (unpaired) electrons. The Morgan fingerprint density at radius 3 is 2.34 bits per heavy atom. The average molecular weight is 889 g/mol. The van der Waals surface area contributed by atoms with E-state index >= 15 is 0 Å². The normalized spacial score (nSPS) is 26.6. The van der Waals surface area contributed by atoms with E-state index in [4.69, 9.17) is 29.6 Å². The molecule has 4 fully saturated rings. The summed E-state index contributed by atoms with van der Waals surface area (Å²) in [5.41, 5.74) is -1.96. The van der Waals surface area contributed by atoms with Gasteiger partial charge in [0.25, 0.3) is 0 Å². The van der Waals surface area contributed by atoms with Gasteiger partial charge in [-0.3, -0.25) is 33.6 Å². The summed E-state index contributed by atoms with van der Waals surface area (Å²) in [6, 6.07) is -0.874. The molecular formula is C44H60Cl2FN7O7. The van der Waals surface area contributed by atoms with Gasteiger partial charge in [-0.15, -0.1) is 6.42 Å². The first-order chi connectivity index (χ1) is 28.7. The highest BCUT2D eigenvalue weighted by molar-refractivity contribution is 6.33. The van der Waals surface area contributed by atoms with E-state index in [-0.39, 0.29) is 50.6 Å². The van der Waals surface area contributed by atoms with Crippen LogP contribution in [0.1, 0.15) is 97.5 Å². The van der Waals surface area contributed by atoms with Crippen LogP contribution in [0, 0.1) is 29.6 Å². The molecule has 4 aliphatic rings. The zero-order valence-electron chi connectivity index (χ0n) is 36.0. The zero-order chi connectivity index (χ0) is 45.0. The van der Waals surface area contributed by atoms with Crippen molar-refractivity contribution in [2.24, 2.45) is 17.3 Å². The van der Waals surface area contributed by atoms with Gasteiger partial charge < -0.3 is 36.0 Å². The van der Waals surface area contributed by atoms with E-state index in [0.717, 1.165) is 6.42 Å². The van der Waals surface area contributed by atoms with Crippen LogP contribution < -0.4 is 21.3 Å². The lowest BCUT2D eigenvalue weighted by atomic mass is 9.68. The third-order valence-electron chi connectivity index (χ3n) is 12.5. The molecule has 61 heavy (non-hydrogen) atoms. The van der Waals surface area contributed by atoms with E-state index in [9.17, 15) is 38.0 Å². The van der Waals surface area contributed by atoms with E-state index < -0.39 is 88.7 Å². The SMILES string of the molecule is C#CC1(C(=O)N2C[C@H](F)C[C@H]2C(=O)N[C@H](C(=O)N(C)[C@H]2CCCCNC(=O)C(C)(C)NC(=O)[C@H](Cc3cc(Cl)ccc3Cl)N(C)C(=O)[C@H](CC(C)C)NC2=O)C2CC2)CCC1. The second-order valence-corrected chi connectivity index (χ2v) is 19.0. The van der Waals surface area contributed by atoms with Gasteiger partial charge in [-0.05, 0) is 107 Å². The maximum absolute atomic E-state index is 14.9. The van der Waals surface area contributed by atoms with Gasteiger partial charge in [-0.1, -0.05) is 43.0 Å². The molecule has 1 aromatic rings. The van der Waals surface area contributed by atoms with Crippen LogP contribution >= 0.6 is 23.2 Å². The highest BCUT2D eigenvalue weighted by Gasteiger charge is 2.51. The van der Waals surface area contributed by atoms with Gasteiger partial charge in [0.2, 0.25) is 41.4 Å². The summed E-state index contributed by atoms with van der Waals surface area (Å²) in [5.74, 6) is -1.73. The second kappa shape index (κ2) is 19.7. The van der Waals surface area contributed by atoms with E-state index in [0.29, 0.717) is 54.1 Å². The molecule has 17 heteroatoms. The van der Waals surface area contributed by atoms with Crippen LogP contribution in [0.25, 0.3) is 0 Å². The van der Waals surface area contributed by atoms with E-state index in [1.807, 2.05) is 13.8 Å². The van der Waals surface area contributed by atoms with Gasteiger partial charge in [0.05, 0.1) is 6.54 Å². The van der Waals surface area contributed by atoms with Gasteiger partial charge in [0, 0.05) is 43.5 Å². The predicted molar refractivity (Wildman–Crippen MR) is 229 cm³/mol. The molecule has 2 aliphatic heterocycles. The minimum absolute atomic E-state index is 0.0643. The van der Waals surface area contributed by atoms with Crippen LogP contribution in [0.4, 0.5) is 4.39 Å². The van der Waals surface area contributed by atoms with Crippen LogP contribution in [0.3, 0.4) is 0 Å². The van der Waals surface area contributed by atoms with Gasteiger partial charge >= 0.3 is 0 Å². The minimum atomic E-state index is -1.44. The quantitative estimate of drug-likeness (QED) is 0.260. The number of rotatable bonds is 10. The molecule has 2 saturated carbocycles. The molecule has 2 saturated heterocycles. The van der Waals surface area contributed by atoms with Crippen molar-refractivity contribution in [3.8, 4) is 12.3 Å². The summed E-state index contributed by atoms with van der Waals surface area (Å²) < 4.78 is 14.9. The maximum Gasteiger partial charge on any atom is 0.245 e. The number of alkyl halides is 1. The Morgan fingerprint density at radius 2 is 1.74 bits per heavy atom. The van der Waals surface area contributed by atoms with Crippen molar-refractivity contribution in [2.75, 3.05) is 27.2 Å². The number of carbonyl (C=O) groups is 7. The Labute approximate surface area is 368 Å². The number of halogens is 3. The molecule has 0 unspecified atom stereocenters. The van der Waals surface area contributed by atoms with Crippen LogP contribution in [0.5, 0.6) is 0 Å². The zero-order valence-corrected chi connectivity index (χ0v) is 37.5. The number of nitrogens with one attached hydrogen (secondary N) is 4. The number of benzene rings is 1. The van der Waals surface area contributed by atoms with Crippen molar-refractivity contribution in [3.63, 3.8) is 0 Å². The molecule has 0 spiro atoms. The summed E-state index contributed by atoms with van der Waals surface area (Å²) in [5, 5.41) is 12.0. The topological polar surface area (TPSA) is 177 Å². The number of hydrogen-bond donors (Lipinski definition) is 4. The van der Waals surface area contributed by atoms with Gasteiger partial charge in [0.1, 0.15) is 47.3 Å². The molecule has 6 atom stereocenters. The number of amides is 7. The molecule has 5 rings (SSSR count). The lowest BCUT2D eigenvalue weighted by Gasteiger charge is -2.40. The molecule has 1 aromatic carbocycles. The van der Waals surface area contributed by atoms with E-state index in [1.165, 1.54) is 28.8 Å². The van der Waals surface area contributed by atoms with Crippen LogP contribution in [0.2, 0.25) is 10.0 Å². The summed E-state index contributed by atoms with van der Waals surface area (Å²) in [4.78, 5) is 102. The molecule has 14 nitrogen and oxygen atoms in total. The molecule has 0 aromatic heterocycles. The Hall–Kier alpha value is -4.42. The fourth-order valence-corrected chi connectivity index (χ4v) is 8.81. The molecule has 4 N–H and O–H groups in total. The molecular weight excluding hydrogens is 828 g/mol. The molecule has 334 valence electrons. The number of carbonyl (C=O) groups excluding carboxylic acids is 7. The Balaban J connectivity index is 1.42. The van der Waals surface area contributed by atoms with E-state index in [1.54, 1.807) is 32.0 Å². The Bertz CT molecular complexity index is 1920. The fraction of sp³-hybridized carbons (Fsp3) is 0.659. The number of terminal acetylenes is 1. The van der Waals surface area contributed by atoms with Crippen molar-refractivity contribution < 1.29 is 38.0 Å². The number of likely N-dealkylation sites (tertiary alicyclic amines) is 1. The van der Waals surface area contributed by atoms with Gasteiger partial charge in [-0.25, -0.2) is 4.39 Å². The molecule has 0 bridgehead atoms. The standard InChI is InChI=1S/C44H60Cl2FN7O7/c1-8-44(17-11-18-44)42(61)54-24-29(47)23-34(54)37(56)50-35(26-13-14-26)40(59)52(6)32-12-9-10-19-48-41(60)43(4,5)51-38(57)33(22-27-21-28(45)15-16-30(27)46)53(7)39(58)31(20-25(2)3)49-36(32)55/h1,15-16,21,25-26,29,31-35H,9-14,17-20,22-24H2,2-7H3,(H,48,60)(H,49,55)(H,50,56)(H,51,57)/t29-,31+,32+,33+,34+,35+/m1/s1. The predicted octanol–water partition coefficient (Wildman–Crippen LogP) is 3.55. The lowest BCUT2D eigenvalue weighted by molar-refractivity contribution is -0.149. The largest absolute Gasteiger partial charge is 0.354 e. The summed E-state index contributed by atoms with van der Waals surface area (Å²) >= 11 is 12.8. The van der Waals surface area contributed by atoms with Crippen LogP contribution in [-0.4, -0.2) is 125 Å². The fourth-order valence-electron chi connectivity index (χ4n) is 8.42. The average Bonchev–Trinajstić information content (AvgIpc) is 3.95. The molecule has 2 heterocycles. The summed E-state index contributed by atoms with van der Waals surface area (Å²) in [6.07, 6.45) is 8.05. The number of hydrogen-bond acceptors (Lipinski definition) is 7. The third-order valence-corrected chi connectivity index (χ3v) is 13.1.